The van der Waals surface area contributed by atoms with Crippen LogP contribution < -0.4 is 29.9 Å². The average molecular weight is 828 g/mol. The van der Waals surface area contributed by atoms with Crippen molar-refractivity contribution in [2.75, 3.05) is 85.6 Å². The number of rotatable bonds is 12. The fourth-order valence-corrected chi connectivity index (χ4v) is 9.76. The Morgan fingerprint density at radius 2 is 1.67 bits per heavy atom. The average Bonchev–Trinajstić information content (AvgIpc) is 3.69. The molecule has 5 heterocycles. The number of carbonyl (C=O) groups is 2. The molecule has 0 bridgehead atoms. The van der Waals surface area contributed by atoms with Gasteiger partial charge in [-0.25, -0.2) is 13.4 Å². The quantitative estimate of drug-likeness (QED) is 0.159. The molecule has 0 aliphatic carbocycles. The van der Waals surface area contributed by atoms with E-state index in [1.807, 2.05) is 42.5 Å². The number of benzene rings is 3. The number of nitrogens with zero attached hydrogens (tertiary/aromatic N) is 6. The predicted octanol–water partition coefficient (Wildman–Crippen LogP) is 5.30. The Kier molecular flexibility index (Phi) is 11.7. The number of hydrogen-bond donors (Lipinski definition) is 3. The molecule has 4 aliphatic rings. The number of halogens is 1. The van der Waals surface area contributed by atoms with Gasteiger partial charge in [0.05, 0.1) is 42.5 Å². The highest BCUT2D eigenvalue weighted by Crippen LogP contribution is 2.40. The SMILES string of the molecule is COc1cc(N2CCC(N3CCN(CCc4ccc(C5CCC(=O)NC5=O)cc4)CC3)CC2)ccc1Nc1ncc(Cl)c(Nc2cccc3c2N(S(C)(=O)=O)CC3)n1. The number of amides is 2. The summed E-state index contributed by atoms with van der Waals surface area (Å²) in [5, 5.41) is 9.28. The van der Waals surface area contributed by atoms with E-state index in [0.29, 0.717) is 71.4 Å². The molecule has 1 atom stereocenters. The van der Waals surface area contributed by atoms with Crippen LogP contribution in [0, 0.1) is 0 Å². The van der Waals surface area contributed by atoms with Crippen LogP contribution in [-0.2, 0) is 32.5 Å². The Morgan fingerprint density at radius 1 is 0.897 bits per heavy atom. The summed E-state index contributed by atoms with van der Waals surface area (Å²) in [6.07, 6.45) is 7.49. The van der Waals surface area contributed by atoms with E-state index in [-0.39, 0.29) is 17.7 Å². The van der Waals surface area contributed by atoms with E-state index in [9.17, 15) is 18.0 Å². The summed E-state index contributed by atoms with van der Waals surface area (Å²) >= 11 is 6.52. The smallest absolute Gasteiger partial charge is 0.234 e. The molecule has 4 aromatic rings. The molecule has 0 saturated carbocycles. The number of carbonyl (C=O) groups excluding carboxylic acids is 2. The lowest BCUT2D eigenvalue weighted by molar-refractivity contribution is -0.134. The fraction of sp³-hybridized carbons (Fsp3) is 0.429. The van der Waals surface area contributed by atoms with Crippen LogP contribution in [0.25, 0.3) is 0 Å². The second-order valence-electron chi connectivity index (χ2n) is 15.5. The van der Waals surface area contributed by atoms with E-state index in [4.69, 9.17) is 16.3 Å². The number of ether oxygens (including phenoxy) is 1. The Balaban J connectivity index is 0.818. The summed E-state index contributed by atoms with van der Waals surface area (Å²) in [6.45, 7) is 7.60. The fourth-order valence-electron chi connectivity index (χ4n) is 8.65. The number of methoxy groups -OCH3 is 1. The van der Waals surface area contributed by atoms with Crippen molar-refractivity contribution in [1.82, 2.24) is 25.1 Å². The number of piperazine rings is 1. The molecule has 2 amide bonds. The molecule has 8 rings (SSSR count). The van der Waals surface area contributed by atoms with Gasteiger partial charge in [-0.15, -0.1) is 0 Å². The first-order chi connectivity index (χ1) is 28.0. The molecule has 58 heavy (non-hydrogen) atoms. The van der Waals surface area contributed by atoms with E-state index in [1.165, 1.54) is 22.3 Å². The number of imide groups is 1. The maximum absolute atomic E-state index is 12.5. The van der Waals surface area contributed by atoms with Crippen molar-refractivity contribution in [3.63, 3.8) is 0 Å². The largest absolute Gasteiger partial charge is 0.494 e. The minimum Gasteiger partial charge on any atom is -0.494 e. The third-order valence-electron chi connectivity index (χ3n) is 11.9. The predicted molar refractivity (Wildman–Crippen MR) is 227 cm³/mol. The van der Waals surface area contributed by atoms with E-state index in [0.717, 1.165) is 81.9 Å². The van der Waals surface area contributed by atoms with Gasteiger partial charge < -0.3 is 25.2 Å². The van der Waals surface area contributed by atoms with Gasteiger partial charge in [0.1, 0.15) is 10.8 Å². The highest BCUT2D eigenvalue weighted by Gasteiger charge is 2.31. The van der Waals surface area contributed by atoms with Crippen LogP contribution in [0.5, 0.6) is 5.75 Å². The van der Waals surface area contributed by atoms with Gasteiger partial charge in [-0.3, -0.25) is 24.1 Å². The molecule has 0 radical (unpaired) electrons. The van der Waals surface area contributed by atoms with Gasteiger partial charge >= 0.3 is 0 Å². The van der Waals surface area contributed by atoms with Gasteiger partial charge in [-0.05, 0) is 67.0 Å². The van der Waals surface area contributed by atoms with Crippen LogP contribution in [0.3, 0.4) is 0 Å². The molecule has 3 aromatic carbocycles. The summed E-state index contributed by atoms with van der Waals surface area (Å²) in [5.74, 6) is 0.719. The van der Waals surface area contributed by atoms with E-state index in [2.05, 4.69) is 58.8 Å². The van der Waals surface area contributed by atoms with Gasteiger partial charge in [-0.2, -0.15) is 4.98 Å². The molecule has 16 heteroatoms. The topological polar surface area (TPSA) is 152 Å². The lowest BCUT2D eigenvalue weighted by Crippen LogP contribution is -2.53. The van der Waals surface area contributed by atoms with Crippen LogP contribution in [0.15, 0.2) is 66.9 Å². The maximum atomic E-state index is 12.5. The minimum atomic E-state index is -3.45. The number of hydrogen-bond acceptors (Lipinski definition) is 12. The van der Waals surface area contributed by atoms with Gasteiger partial charge in [0, 0.05) is 76.6 Å². The lowest BCUT2D eigenvalue weighted by atomic mass is 9.90. The number of fused-ring (bicyclic) bond motifs is 1. The maximum Gasteiger partial charge on any atom is 0.234 e. The number of aromatic nitrogens is 2. The first-order valence-electron chi connectivity index (χ1n) is 20.0. The summed E-state index contributed by atoms with van der Waals surface area (Å²) in [6, 6.07) is 20.7. The standard InChI is InChI=1S/C42H50ClN9O5S/c1-57-37-26-32(10-12-35(37)46-42-44-27-34(43)40(48-42)45-36-5-3-4-30-15-21-52(39(30)36)58(2,55)56)50-19-16-31(17-20-50)51-24-22-49(23-25-51)18-14-28-6-8-29(9-7-28)33-11-13-38(53)47-41(33)54/h3-10,12,26-27,31,33H,11,13-25H2,1-2H3,(H,47,53,54)(H2,44,45,46,48). The molecule has 0 spiro atoms. The number of anilines is 6. The van der Waals surface area contributed by atoms with Gasteiger partial charge in [0.25, 0.3) is 0 Å². The zero-order chi connectivity index (χ0) is 40.4. The van der Waals surface area contributed by atoms with Gasteiger partial charge in [-0.1, -0.05) is 48.0 Å². The number of para-hydroxylation sites is 1. The summed E-state index contributed by atoms with van der Waals surface area (Å²) < 4.78 is 32.2. The normalized spacial score (nSPS) is 19.5. The second-order valence-corrected chi connectivity index (χ2v) is 17.8. The van der Waals surface area contributed by atoms with Crippen molar-refractivity contribution in [3.05, 3.63) is 88.6 Å². The zero-order valence-corrected chi connectivity index (χ0v) is 34.5. The van der Waals surface area contributed by atoms with Crippen molar-refractivity contribution < 1.29 is 22.7 Å². The van der Waals surface area contributed by atoms with Crippen LogP contribution in [-0.4, -0.2) is 112 Å². The summed E-state index contributed by atoms with van der Waals surface area (Å²) in [5.41, 5.74) is 6.21. The Bertz CT molecular complexity index is 2260. The van der Waals surface area contributed by atoms with E-state index < -0.39 is 10.0 Å². The van der Waals surface area contributed by atoms with Crippen molar-refractivity contribution in [2.24, 2.45) is 0 Å². The van der Waals surface area contributed by atoms with Crippen LogP contribution >= 0.6 is 11.6 Å². The monoisotopic (exact) mass is 827 g/mol. The van der Waals surface area contributed by atoms with Gasteiger partial charge in [0.2, 0.25) is 27.8 Å². The van der Waals surface area contributed by atoms with E-state index >= 15 is 0 Å². The molecular weight excluding hydrogens is 778 g/mol. The number of sulfonamides is 1. The molecule has 14 nitrogen and oxygen atoms in total. The molecule has 3 N–H and O–H groups in total. The molecule has 1 aromatic heterocycles. The van der Waals surface area contributed by atoms with Crippen LogP contribution in [0.1, 0.15) is 48.3 Å². The first kappa shape index (κ1) is 39.8. The third-order valence-corrected chi connectivity index (χ3v) is 13.3. The molecule has 306 valence electrons. The molecule has 3 saturated heterocycles. The van der Waals surface area contributed by atoms with Crippen molar-refractivity contribution in [2.45, 2.75) is 50.5 Å². The molecule has 3 fully saturated rings. The van der Waals surface area contributed by atoms with Gasteiger partial charge in [0.15, 0.2) is 5.82 Å². The third kappa shape index (κ3) is 8.87. The zero-order valence-electron chi connectivity index (χ0n) is 32.9. The Hall–Kier alpha value is -4.96. The van der Waals surface area contributed by atoms with Crippen LogP contribution in [0.4, 0.5) is 34.5 Å². The molecular formula is C42H50ClN9O5S. The summed E-state index contributed by atoms with van der Waals surface area (Å²) in [7, 11) is -1.80. The molecule has 4 aliphatic heterocycles. The van der Waals surface area contributed by atoms with E-state index in [1.54, 1.807) is 7.11 Å². The number of piperidine rings is 2. The first-order valence-corrected chi connectivity index (χ1v) is 22.2. The Morgan fingerprint density at radius 3 is 2.40 bits per heavy atom. The van der Waals surface area contributed by atoms with Crippen molar-refractivity contribution in [1.29, 1.82) is 0 Å². The lowest BCUT2D eigenvalue weighted by Gasteiger charge is -2.43. The van der Waals surface area contributed by atoms with Crippen LogP contribution in [0.2, 0.25) is 5.02 Å². The Labute approximate surface area is 345 Å². The molecule has 1 unspecified atom stereocenters. The highest BCUT2D eigenvalue weighted by atomic mass is 35.5. The second kappa shape index (κ2) is 17.1. The van der Waals surface area contributed by atoms with Crippen molar-refractivity contribution >= 4 is 68.0 Å². The highest BCUT2D eigenvalue weighted by molar-refractivity contribution is 7.92. The minimum absolute atomic E-state index is 0.182. The van der Waals surface area contributed by atoms with Crippen molar-refractivity contribution in [3.8, 4) is 5.75 Å². The summed E-state index contributed by atoms with van der Waals surface area (Å²) in [4.78, 5) is 40.4. The number of nitrogens with one attached hydrogen (secondary N) is 3.